The molecule has 0 unspecified atom stereocenters. The number of hydrogen-bond acceptors (Lipinski definition) is 5. The standard InChI is InChI=1S/C19H24N2O4S/c1-3-12-21(13-10-18-9-4-5-11-20-18)26(23,24)15-16-7-6-8-17(14-16)19(22)25-2/h4-9,11,14H,3,10,12-13,15H2,1-2H3. The number of sulfonamides is 1. The Bertz CT molecular complexity index is 822. The Hall–Kier alpha value is -2.25. The molecule has 2 aromatic rings. The normalized spacial score (nSPS) is 11.5. The molecule has 1 aromatic heterocycles. The van der Waals surface area contributed by atoms with Gasteiger partial charge in [0, 0.05) is 31.4 Å². The Morgan fingerprint density at radius 3 is 2.62 bits per heavy atom. The summed E-state index contributed by atoms with van der Waals surface area (Å²) >= 11 is 0. The van der Waals surface area contributed by atoms with Crippen LogP contribution < -0.4 is 0 Å². The fourth-order valence-electron chi connectivity index (χ4n) is 2.63. The van der Waals surface area contributed by atoms with Crippen molar-refractivity contribution in [3.05, 3.63) is 65.5 Å². The van der Waals surface area contributed by atoms with Crippen LogP contribution in [0.5, 0.6) is 0 Å². The minimum absolute atomic E-state index is 0.153. The van der Waals surface area contributed by atoms with E-state index in [0.29, 0.717) is 30.6 Å². The van der Waals surface area contributed by atoms with Gasteiger partial charge in [0.05, 0.1) is 18.4 Å². The number of esters is 1. The van der Waals surface area contributed by atoms with Crippen LogP contribution in [-0.2, 0) is 26.9 Å². The molecule has 6 nitrogen and oxygen atoms in total. The van der Waals surface area contributed by atoms with E-state index in [1.54, 1.807) is 30.5 Å². The molecule has 0 saturated heterocycles. The van der Waals surface area contributed by atoms with E-state index < -0.39 is 16.0 Å². The number of ether oxygens (including phenoxy) is 1. The van der Waals surface area contributed by atoms with Crippen LogP contribution in [0.15, 0.2) is 48.7 Å². The molecule has 0 N–H and O–H groups in total. The summed E-state index contributed by atoms with van der Waals surface area (Å²) in [6, 6.07) is 12.1. The molecule has 0 bridgehead atoms. The molecule has 0 spiro atoms. The molecule has 0 radical (unpaired) electrons. The first-order valence-electron chi connectivity index (χ1n) is 8.51. The first-order chi connectivity index (χ1) is 12.5. The van der Waals surface area contributed by atoms with Crippen LogP contribution in [0.2, 0.25) is 0 Å². The third kappa shape index (κ3) is 5.64. The Labute approximate surface area is 154 Å². The molecule has 0 aliphatic rings. The van der Waals surface area contributed by atoms with E-state index in [1.807, 2.05) is 25.1 Å². The van der Waals surface area contributed by atoms with E-state index in [1.165, 1.54) is 11.4 Å². The predicted octanol–water partition coefficient (Wildman–Crippen LogP) is 2.65. The summed E-state index contributed by atoms with van der Waals surface area (Å²) in [6.07, 6.45) is 2.98. The smallest absolute Gasteiger partial charge is 0.337 e. The highest BCUT2D eigenvalue weighted by Gasteiger charge is 2.22. The second kappa shape index (κ2) is 9.45. The highest BCUT2D eigenvalue weighted by Crippen LogP contribution is 2.15. The summed E-state index contributed by atoms with van der Waals surface area (Å²) in [4.78, 5) is 15.9. The van der Waals surface area contributed by atoms with Gasteiger partial charge in [-0.1, -0.05) is 25.1 Å². The molecule has 1 heterocycles. The molecule has 26 heavy (non-hydrogen) atoms. The largest absolute Gasteiger partial charge is 0.465 e. The molecule has 0 aliphatic heterocycles. The lowest BCUT2D eigenvalue weighted by molar-refractivity contribution is 0.0600. The summed E-state index contributed by atoms with van der Waals surface area (Å²) in [6.45, 7) is 2.77. The monoisotopic (exact) mass is 376 g/mol. The zero-order valence-corrected chi connectivity index (χ0v) is 15.9. The Morgan fingerprint density at radius 2 is 1.96 bits per heavy atom. The van der Waals surface area contributed by atoms with E-state index in [9.17, 15) is 13.2 Å². The predicted molar refractivity (Wildman–Crippen MR) is 100 cm³/mol. The number of aromatic nitrogens is 1. The fourth-order valence-corrected chi connectivity index (χ4v) is 4.25. The van der Waals surface area contributed by atoms with E-state index in [2.05, 4.69) is 9.72 Å². The van der Waals surface area contributed by atoms with Crippen LogP contribution in [0.25, 0.3) is 0 Å². The number of carbonyl (C=O) groups excluding carboxylic acids is 1. The number of pyridine rings is 1. The maximum Gasteiger partial charge on any atom is 0.337 e. The van der Waals surface area contributed by atoms with E-state index in [-0.39, 0.29) is 5.75 Å². The third-order valence-corrected chi connectivity index (χ3v) is 5.76. The van der Waals surface area contributed by atoms with Crippen molar-refractivity contribution in [2.75, 3.05) is 20.2 Å². The summed E-state index contributed by atoms with van der Waals surface area (Å²) in [5.74, 6) is -0.634. The molecule has 2 rings (SSSR count). The van der Waals surface area contributed by atoms with Crippen molar-refractivity contribution in [1.29, 1.82) is 0 Å². The Balaban J connectivity index is 2.12. The van der Waals surface area contributed by atoms with Crippen molar-refractivity contribution in [1.82, 2.24) is 9.29 Å². The maximum absolute atomic E-state index is 12.9. The maximum atomic E-state index is 12.9. The fraction of sp³-hybridized carbons (Fsp3) is 0.368. The van der Waals surface area contributed by atoms with Gasteiger partial charge >= 0.3 is 5.97 Å². The van der Waals surface area contributed by atoms with E-state index >= 15 is 0 Å². The van der Waals surface area contributed by atoms with Crippen molar-refractivity contribution < 1.29 is 17.9 Å². The van der Waals surface area contributed by atoms with Crippen molar-refractivity contribution in [3.63, 3.8) is 0 Å². The third-order valence-electron chi connectivity index (χ3n) is 3.91. The molecule has 0 saturated carbocycles. The van der Waals surface area contributed by atoms with Gasteiger partial charge in [-0.25, -0.2) is 17.5 Å². The van der Waals surface area contributed by atoms with E-state index in [4.69, 9.17) is 0 Å². The number of methoxy groups -OCH3 is 1. The Morgan fingerprint density at radius 1 is 1.15 bits per heavy atom. The molecule has 1 aromatic carbocycles. The van der Waals surface area contributed by atoms with Crippen LogP contribution in [0.3, 0.4) is 0 Å². The minimum Gasteiger partial charge on any atom is -0.465 e. The molecular weight excluding hydrogens is 352 g/mol. The second-order valence-corrected chi connectivity index (χ2v) is 7.89. The van der Waals surface area contributed by atoms with Gasteiger partial charge in [0.1, 0.15) is 0 Å². The average molecular weight is 376 g/mol. The van der Waals surface area contributed by atoms with Crippen LogP contribution in [0.4, 0.5) is 0 Å². The quantitative estimate of drug-likeness (QED) is 0.629. The molecule has 0 aliphatic carbocycles. The first-order valence-corrected chi connectivity index (χ1v) is 10.1. The molecule has 0 atom stereocenters. The minimum atomic E-state index is -3.50. The zero-order valence-electron chi connectivity index (χ0n) is 15.1. The lowest BCUT2D eigenvalue weighted by Crippen LogP contribution is -2.34. The average Bonchev–Trinajstić information content (AvgIpc) is 2.65. The zero-order chi connectivity index (χ0) is 19.0. The lowest BCUT2D eigenvalue weighted by atomic mass is 10.1. The van der Waals surface area contributed by atoms with Gasteiger partial charge in [0.15, 0.2) is 0 Å². The Kier molecular flexibility index (Phi) is 7.29. The van der Waals surface area contributed by atoms with Crippen molar-refractivity contribution in [2.45, 2.75) is 25.5 Å². The van der Waals surface area contributed by atoms with Crippen LogP contribution >= 0.6 is 0 Å². The van der Waals surface area contributed by atoms with Crippen LogP contribution in [0, 0.1) is 0 Å². The molecular formula is C19H24N2O4S. The van der Waals surface area contributed by atoms with Gasteiger partial charge in [-0.2, -0.15) is 0 Å². The van der Waals surface area contributed by atoms with Crippen molar-refractivity contribution in [2.24, 2.45) is 0 Å². The number of benzene rings is 1. The molecule has 0 fully saturated rings. The SMILES string of the molecule is CCCN(CCc1ccccn1)S(=O)(=O)Cc1cccc(C(=O)OC)c1. The summed E-state index contributed by atoms with van der Waals surface area (Å²) in [5.41, 5.74) is 1.76. The van der Waals surface area contributed by atoms with Crippen molar-refractivity contribution in [3.8, 4) is 0 Å². The number of hydrogen-bond donors (Lipinski definition) is 0. The van der Waals surface area contributed by atoms with Crippen LogP contribution in [0.1, 0.15) is 35.0 Å². The van der Waals surface area contributed by atoms with Gasteiger partial charge in [-0.15, -0.1) is 0 Å². The highest BCUT2D eigenvalue weighted by molar-refractivity contribution is 7.88. The van der Waals surface area contributed by atoms with Gasteiger partial charge < -0.3 is 4.74 Å². The molecule has 140 valence electrons. The lowest BCUT2D eigenvalue weighted by Gasteiger charge is -2.21. The molecule has 7 heteroatoms. The van der Waals surface area contributed by atoms with Gasteiger partial charge in [0.25, 0.3) is 0 Å². The number of nitrogens with zero attached hydrogens (tertiary/aromatic N) is 2. The van der Waals surface area contributed by atoms with Gasteiger partial charge in [0.2, 0.25) is 10.0 Å². The topological polar surface area (TPSA) is 76.6 Å². The van der Waals surface area contributed by atoms with E-state index in [0.717, 1.165) is 12.1 Å². The van der Waals surface area contributed by atoms with Crippen molar-refractivity contribution >= 4 is 16.0 Å². The van der Waals surface area contributed by atoms with Gasteiger partial charge in [-0.3, -0.25) is 4.98 Å². The van der Waals surface area contributed by atoms with Crippen LogP contribution in [-0.4, -0.2) is 43.9 Å². The number of rotatable bonds is 9. The first kappa shape index (κ1) is 20.1. The van der Waals surface area contributed by atoms with Gasteiger partial charge in [-0.05, 0) is 36.2 Å². The molecule has 0 amide bonds. The second-order valence-electron chi connectivity index (χ2n) is 5.92. The summed E-state index contributed by atoms with van der Waals surface area (Å²) in [7, 11) is -2.21. The highest BCUT2D eigenvalue weighted by atomic mass is 32.2. The summed E-state index contributed by atoms with van der Waals surface area (Å²) in [5, 5.41) is 0. The summed E-state index contributed by atoms with van der Waals surface area (Å²) < 4.78 is 31.9. The number of carbonyl (C=O) groups is 1.